The topological polar surface area (TPSA) is 72.7 Å². The Balaban J connectivity index is 1.32. The van der Waals surface area contributed by atoms with E-state index in [0.717, 1.165) is 32.5 Å². The predicted molar refractivity (Wildman–Crippen MR) is 89.9 cm³/mol. The molecule has 0 radical (unpaired) electrons. The van der Waals surface area contributed by atoms with Crippen LogP contribution in [0.3, 0.4) is 0 Å². The molecule has 25 heavy (non-hydrogen) atoms. The fourth-order valence-electron chi connectivity index (χ4n) is 4.26. The third-order valence-electron chi connectivity index (χ3n) is 5.49. The Morgan fingerprint density at radius 2 is 2.04 bits per heavy atom. The van der Waals surface area contributed by atoms with Crippen LogP contribution in [0.2, 0.25) is 0 Å². The highest BCUT2D eigenvalue weighted by Crippen LogP contribution is 2.28. The molecule has 2 aliphatic heterocycles. The Morgan fingerprint density at radius 3 is 2.92 bits per heavy atom. The molecular formula is C17H27N5O3. The maximum atomic E-state index is 12.9. The minimum absolute atomic E-state index is 0.0513. The van der Waals surface area contributed by atoms with Gasteiger partial charge in [-0.1, -0.05) is 12.8 Å². The smallest absolute Gasteiger partial charge is 0.237 e. The SMILES string of the molecule is O=C(CN1CCO[C@H](Cn2cncn2)C1)N1CCO[C@@H]2CCCC[C@H]21. The van der Waals surface area contributed by atoms with Gasteiger partial charge in [0.05, 0.1) is 44.6 Å². The van der Waals surface area contributed by atoms with Gasteiger partial charge in [0.2, 0.25) is 5.91 Å². The Hall–Kier alpha value is -1.51. The van der Waals surface area contributed by atoms with E-state index in [2.05, 4.69) is 19.9 Å². The molecule has 0 N–H and O–H groups in total. The number of fused-ring (bicyclic) bond motifs is 1. The molecule has 3 fully saturated rings. The van der Waals surface area contributed by atoms with Crippen molar-refractivity contribution in [1.82, 2.24) is 24.6 Å². The monoisotopic (exact) mass is 349 g/mol. The van der Waals surface area contributed by atoms with Gasteiger partial charge in [0.25, 0.3) is 0 Å². The van der Waals surface area contributed by atoms with Crippen LogP contribution in [-0.2, 0) is 20.8 Å². The molecule has 138 valence electrons. The zero-order valence-electron chi connectivity index (χ0n) is 14.6. The van der Waals surface area contributed by atoms with Crippen molar-refractivity contribution in [3.8, 4) is 0 Å². The highest BCUT2D eigenvalue weighted by Gasteiger charge is 2.37. The van der Waals surface area contributed by atoms with Gasteiger partial charge in [0.1, 0.15) is 12.7 Å². The molecule has 1 amide bonds. The van der Waals surface area contributed by atoms with Gasteiger partial charge in [-0.25, -0.2) is 4.98 Å². The van der Waals surface area contributed by atoms with Crippen LogP contribution in [0, 0.1) is 0 Å². The Bertz CT molecular complexity index is 565. The lowest BCUT2D eigenvalue weighted by molar-refractivity contribution is -0.152. The average Bonchev–Trinajstić information content (AvgIpc) is 3.14. The molecule has 1 aromatic heterocycles. The van der Waals surface area contributed by atoms with Crippen molar-refractivity contribution in [3.05, 3.63) is 12.7 Å². The molecule has 8 nitrogen and oxygen atoms in total. The minimum atomic E-state index is 0.0513. The van der Waals surface area contributed by atoms with Gasteiger partial charge in [-0.15, -0.1) is 0 Å². The molecule has 1 aliphatic carbocycles. The number of hydrogen-bond acceptors (Lipinski definition) is 6. The molecule has 0 bridgehead atoms. The van der Waals surface area contributed by atoms with Crippen LogP contribution in [0.4, 0.5) is 0 Å². The van der Waals surface area contributed by atoms with Crippen LogP contribution in [0.15, 0.2) is 12.7 Å². The maximum absolute atomic E-state index is 12.9. The number of hydrogen-bond donors (Lipinski definition) is 0. The first-order chi connectivity index (χ1) is 12.3. The number of amides is 1. The zero-order chi connectivity index (χ0) is 17.1. The molecule has 3 atom stereocenters. The van der Waals surface area contributed by atoms with E-state index in [-0.39, 0.29) is 24.2 Å². The fourth-order valence-corrected chi connectivity index (χ4v) is 4.26. The summed E-state index contributed by atoms with van der Waals surface area (Å²) in [5.74, 6) is 0.238. The molecule has 1 aromatic rings. The first-order valence-electron chi connectivity index (χ1n) is 9.37. The van der Waals surface area contributed by atoms with Gasteiger partial charge in [0.15, 0.2) is 0 Å². The second-order valence-electron chi connectivity index (χ2n) is 7.19. The predicted octanol–water partition coefficient (Wildman–Crippen LogP) is 0.149. The van der Waals surface area contributed by atoms with Gasteiger partial charge >= 0.3 is 0 Å². The van der Waals surface area contributed by atoms with Crippen LogP contribution >= 0.6 is 0 Å². The van der Waals surface area contributed by atoms with Crippen LogP contribution < -0.4 is 0 Å². The van der Waals surface area contributed by atoms with Gasteiger partial charge in [-0.3, -0.25) is 14.4 Å². The minimum Gasteiger partial charge on any atom is -0.374 e. The molecule has 1 saturated carbocycles. The average molecular weight is 349 g/mol. The molecule has 8 heteroatoms. The zero-order valence-corrected chi connectivity index (χ0v) is 14.6. The molecule has 3 heterocycles. The van der Waals surface area contributed by atoms with E-state index in [9.17, 15) is 4.79 Å². The second kappa shape index (κ2) is 7.80. The lowest BCUT2D eigenvalue weighted by Gasteiger charge is -2.44. The summed E-state index contributed by atoms with van der Waals surface area (Å²) in [5, 5.41) is 4.13. The normalized spacial score (nSPS) is 30.9. The largest absolute Gasteiger partial charge is 0.374 e. The Morgan fingerprint density at radius 1 is 1.16 bits per heavy atom. The van der Waals surface area contributed by atoms with E-state index < -0.39 is 0 Å². The first-order valence-corrected chi connectivity index (χ1v) is 9.37. The standard InChI is InChI=1S/C17H27N5O3/c23-17(22-6-8-25-16-4-2-1-3-15(16)22)11-20-5-7-24-14(9-20)10-21-13-18-12-19-21/h12-16H,1-11H2/t14-,15+,16+/m0/s1. The third-order valence-corrected chi connectivity index (χ3v) is 5.49. The molecule has 0 aromatic carbocycles. The van der Waals surface area contributed by atoms with Gasteiger partial charge in [-0.2, -0.15) is 5.10 Å². The number of aromatic nitrogens is 3. The molecule has 3 aliphatic rings. The van der Waals surface area contributed by atoms with Gasteiger partial charge in [0, 0.05) is 19.6 Å². The summed E-state index contributed by atoms with van der Waals surface area (Å²) in [7, 11) is 0. The van der Waals surface area contributed by atoms with Gasteiger partial charge < -0.3 is 14.4 Å². The Kier molecular flexibility index (Phi) is 5.28. The number of morpholine rings is 2. The van der Waals surface area contributed by atoms with Crippen molar-refractivity contribution in [2.45, 2.75) is 50.5 Å². The number of nitrogens with zero attached hydrogens (tertiary/aromatic N) is 5. The van der Waals surface area contributed by atoms with Gasteiger partial charge in [-0.05, 0) is 12.8 Å². The highest BCUT2D eigenvalue weighted by molar-refractivity contribution is 5.78. The molecule has 2 saturated heterocycles. The van der Waals surface area contributed by atoms with Crippen LogP contribution in [0.25, 0.3) is 0 Å². The number of carbonyl (C=O) groups is 1. The van der Waals surface area contributed by atoms with Crippen molar-refractivity contribution in [2.24, 2.45) is 0 Å². The van der Waals surface area contributed by atoms with E-state index in [4.69, 9.17) is 9.47 Å². The lowest BCUT2D eigenvalue weighted by Crippen LogP contribution is -2.57. The highest BCUT2D eigenvalue weighted by atomic mass is 16.5. The molecule has 4 rings (SSSR count). The molecular weight excluding hydrogens is 322 g/mol. The van der Waals surface area contributed by atoms with Crippen LogP contribution in [0.1, 0.15) is 25.7 Å². The van der Waals surface area contributed by atoms with E-state index in [1.807, 2.05) is 0 Å². The first kappa shape index (κ1) is 16.9. The lowest BCUT2D eigenvalue weighted by atomic mass is 9.90. The summed E-state index contributed by atoms with van der Waals surface area (Å²) >= 11 is 0. The van der Waals surface area contributed by atoms with Crippen molar-refractivity contribution in [2.75, 3.05) is 39.4 Å². The maximum Gasteiger partial charge on any atom is 0.237 e. The fraction of sp³-hybridized carbons (Fsp3) is 0.824. The number of carbonyl (C=O) groups excluding carboxylic acids is 1. The number of rotatable bonds is 4. The van der Waals surface area contributed by atoms with Crippen LogP contribution in [0.5, 0.6) is 0 Å². The Labute approximate surface area is 148 Å². The molecule has 0 spiro atoms. The third kappa shape index (κ3) is 4.02. The van der Waals surface area contributed by atoms with E-state index in [0.29, 0.717) is 26.3 Å². The number of ether oxygens (including phenoxy) is 2. The van der Waals surface area contributed by atoms with Crippen molar-refractivity contribution in [1.29, 1.82) is 0 Å². The summed E-state index contributed by atoms with van der Waals surface area (Å²) in [6.45, 7) is 4.76. The van der Waals surface area contributed by atoms with E-state index >= 15 is 0 Å². The summed E-state index contributed by atoms with van der Waals surface area (Å²) in [4.78, 5) is 21.2. The summed E-state index contributed by atoms with van der Waals surface area (Å²) in [5.41, 5.74) is 0. The quantitative estimate of drug-likeness (QED) is 0.770. The van der Waals surface area contributed by atoms with E-state index in [1.54, 1.807) is 11.0 Å². The summed E-state index contributed by atoms with van der Waals surface area (Å²) in [6, 6.07) is 0.280. The van der Waals surface area contributed by atoms with Crippen LogP contribution in [-0.4, -0.2) is 88.1 Å². The van der Waals surface area contributed by atoms with Crippen molar-refractivity contribution in [3.63, 3.8) is 0 Å². The second-order valence-corrected chi connectivity index (χ2v) is 7.19. The van der Waals surface area contributed by atoms with E-state index in [1.165, 1.54) is 19.2 Å². The summed E-state index contributed by atoms with van der Waals surface area (Å²) < 4.78 is 13.5. The summed E-state index contributed by atoms with van der Waals surface area (Å²) in [6.07, 6.45) is 8.11. The molecule has 0 unspecified atom stereocenters. The van der Waals surface area contributed by atoms with Crippen molar-refractivity contribution < 1.29 is 14.3 Å². The van der Waals surface area contributed by atoms with Crippen molar-refractivity contribution >= 4 is 5.91 Å².